The van der Waals surface area contributed by atoms with Gasteiger partial charge in [0.15, 0.2) is 17.6 Å². The predicted octanol–water partition coefficient (Wildman–Crippen LogP) is 4.31. The lowest BCUT2D eigenvalue weighted by atomic mass is 10.1. The Bertz CT molecular complexity index is 666. The van der Waals surface area contributed by atoms with Gasteiger partial charge in [0, 0.05) is 6.04 Å². The van der Waals surface area contributed by atoms with E-state index in [-0.39, 0.29) is 12.1 Å². The second-order valence-electron chi connectivity index (χ2n) is 6.01. The van der Waals surface area contributed by atoms with Gasteiger partial charge in [0.25, 0.3) is 0 Å². The molecular formula is C20H23NO2. The molecule has 2 unspecified atom stereocenters. The number of ether oxygens (including phenoxy) is 2. The molecule has 23 heavy (non-hydrogen) atoms. The molecule has 0 radical (unpaired) electrons. The van der Waals surface area contributed by atoms with Crippen LogP contribution in [0.4, 0.5) is 0 Å². The van der Waals surface area contributed by atoms with Crippen molar-refractivity contribution in [3.8, 4) is 11.5 Å². The summed E-state index contributed by atoms with van der Waals surface area (Å²) in [5.74, 6) is 1.61. The summed E-state index contributed by atoms with van der Waals surface area (Å²) in [4.78, 5) is 4.80. The molecule has 2 atom stereocenters. The largest absolute Gasteiger partial charge is 0.485 e. The summed E-state index contributed by atoms with van der Waals surface area (Å²) in [7, 11) is 0. The summed E-state index contributed by atoms with van der Waals surface area (Å²) < 4.78 is 11.8. The van der Waals surface area contributed by atoms with Crippen molar-refractivity contribution in [2.75, 3.05) is 6.61 Å². The molecule has 0 saturated heterocycles. The van der Waals surface area contributed by atoms with Gasteiger partial charge >= 0.3 is 0 Å². The summed E-state index contributed by atoms with van der Waals surface area (Å²) in [6.45, 7) is 4.71. The van der Waals surface area contributed by atoms with Gasteiger partial charge in [-0.1, -0.05) is 42.5 Å². The van der Waals surface area contributed by atoms with Gasteiger partial charge in [-0.2, -0.15) is 0 Å². The second-order valence-corrected chi connectivity index (χ2v) is 6.01. The van der Waals surface area contributed by atoms with E-state index < -0.39 is 0 Å². The van der Waals surface area contributed by atoms with Crippen LogP contribution in [-0.4, -0.2) is 24.5 Å². The minimum Gasteiger partial charge on any atom is -0.485 e. The molecule has 2 aromatic carbocycles. The molecule has 2 aromatic rings. The fourth-order valence-electron chi connectivity index (χ4n) is 2.74. The van der Waals surface area contributed by atoms with Crippen LogP contribution in [0, 0.1) is 0 Å². The Morgan fingerprint density at radius 1 is 1.09 bits per heavy atom. The number of rotatable bonds is 5. The van der Waals surface area contributed by atoms with E-state index in [0.717, 1.165) is 30.1 Å². The highest BCUT2D eigenvalue weighted by atomic mass is 16.6. The summed E-state index contributed by atoms with van der Waals surface area (Å²) in [5.41, 5.74) is 2.36. The van der Waals surface area contributed by atoms with Gasteiger partial charge in [-0.15, -0.1) is 0 Å². The molecule has 3 heteroatoms. The molecular weight excluding hydrogens is 286 g/mol. The maximum atomic E-state index is 6.00. The minimum absolute atomic E-state index is 0.0934. The number of aliphatic imine (C=N–C) groups is 1. The number of hydrogen-bond acceptors (Lipinski definition) is 3. The van der Waals surface area contributed by atoms with Crippen molar-refractivity contribution in [3.05, 3.63) is 60.2 Å². The number of aryl methyl sites for hydroxylation is 1. The lowest BCUT2D eigenvalue weighted by Crippen LogP contribution is -2.35. The molecule has 0 aliphatic carbocycles. The topological polar surface area (TPSA) is 30.8 Å². The highest BCUT2D eigenvalue weighted by Gasteiger charge is 2.23. The van der Waals surface area contributed by atoms with Gasteiger partial charge in [0.1, 0.15) is 6.61 Å². The number of fused-ring (bicyclic) bond motifs is 1. The summed E-state index contributed by atoms with van der Waals surface area (Å²) >= 11 is 0. The molecule has 3 nitrogen and oxygen atoms in total. The molecule has 0 bridgehead atoms. The van der Waals surface area contributed by atoms with E-state index in [1.807, 2.05) is 37.3 Å². The van der Waals surface area contributed by atoms with Crippen molar-refractivity contribution in [1.29, 1.82) is 0 Å². The lowest BCUT2D eigenvalue weighted by Gasteiger charge is -2.26. The molecule has 0 spiro atoms. The van der Waals surface area contributed by atoms with Crippen LogP contribution in [0.2, 0.25) is 0 Å². The fourth-order valence-corrected chi connectivity index (χ4v) is 2.74. The summed E-state index contributed by atoms with van der Waals surface area (Å²) in [6.07, 6.45) is 1.99. The Morgan fingerprint density at radius 2 is 1.78 bits per heavy atom. The molecule has 0 N–H and O–H groups in total. The predicted molar refractivity (Wildman–Crippen MR) is 93.7 cm³/mol. The lowest BCUT2D eigenvalue weighted by molar-refractivity contribution is 0.134. The Kier molecular flexibility index (Phi) is 4.96. The number of para-hydroxylation sites is 2. The molecule has 0 saturated carbocycles. The van der Waals surface area contributed by atoms with Gasteiger partial charge in [-0.05, 0) is 44.4 Å². The van der Waals surface area contributed by atoms with Crippen molar-refractivity contribution < 1.29 is 9.47 Å². The molecule has 120 valence electrons. The third-order valence-corrected chi connectivity index (χ3v) is 4.09. The third-order valence-electron chi connectivity index (χ3n) is 4.09. The molecule has 1 heterocycles. The van der Waals surface area contributed by atoms with Gasteiger partial charge in [-0.3, -0.25) is 4.99 Å². The van der Waals surface area contributed by atoms with E-state index >= 15 is 0 Å². The molecule has 0 aromatic heterocycles. The summed E-state index contributed by atoms with van der Waals surface area (Å²) in [5, 5.41) is 0. The van der Waals surface area contributed by atoms with E-state index in [9.17, 15) is 0 Å². The normalized spacial score (nSPS) is 18.5. The van der Waals surface area contributed by atoms with Crippen LogP contribution in [0.1, 0.15) is 25.8 Å². The highest BCUT2D eigenvalue weighted by Crippen LogP contribution is 2.31. The smallest absolute Gasteiger partial charge is 0.170 e. The van der Waals surface area contributed by atoms with E-state index in [4.69, 9.17) is 14.5 Å². The third kappa shape index (κ3) is 4.13. The monoisotopic (exact) mass is 309 g/mol. The maximum absolute atomic E-state index is 6.00. The number of hydrogen-bond donors (Lipinski definition) is 0. The van der Waals surface area contributed by atoms with E-state index in [2.05, 4.69) is 31.2 Å². The highest BCUT2D eigenvalue weighted by molar-refractivity contribution is 5.87. The Labute approximate surface area is 138 Å². The average Bonchev–Trinajstić information content (AvgIpc) is 2.60. The Hall–Kier alpha value is -2.29. The van der Waals surface area contributed by atoms with Crippen LogP contribution < -0.4 is 9.47 Å². The van der Waals surface area contributed by atoms with Crippen molar-refractivity contribution >= 4 is 5.71 Å². The first-order chi connectivity index (χ1) is 11.2. The minimum atomic E-state index is -0.0934. The first-order valence-corrected chi connectivity index (χ1v) is 8.19. The molecule has 0 fully saturated rings. The van der Waals surface area contributed by atoms with Crippen LogP contribution in [0.5, 0.6) is 11.5 Å². The van der Waals surface area contributed by atoms with Crippen molar-refractivity contribution in [1.82, 2.24) is 0 Å². The molecule has 1 aliphatic heterocycles. The van der Waals surface area contributed by atoms with Gasteiger partial charge in [-0.25, -0.2) is 0 Å². The van der Waals surface area contributed by atoms with Gasteiger partial charge in [0.2, 0.25) is 0 Å². The van der Waals surface area contributed by atoms with Gasteiger partial charge < -0.3 is 9.47 Å². The van der Waals surface area contributed by atoms with Crippen LogP contribution in [0.15, 0.2) is 59.6 Å². The van der Waals surface area contributed by atoms with E-state index in [0.29, 0.717) is 6.61 Å². The van der Waals surface area contributed by atoms with E-state index in [1.165, 1.54) is 5.56 Å². The molecule has 1 aliphatic rings. The van der Waals surface area contributed by atoms with E-state index in [1.54, 1.807) is 0 Å². The van der Waals surface area contributed by atoms with Crippen LogP contribution in [0.3, 0.4) is 0 Å². The number of benzene rings is 2. The fraction of sp³-hybridized carbons (Fsp3) is 0.350. The summed E-state index contributed by atoms with van der Waals surface area (Å²) in [6, 6.07) is 18.6. The molecule has 0 amide bonds. The second kappa shape index (κ2) is 7.32. The first-order valence-electron chi connectivity index (χ1n) is 8.19. The quantitative estimate of drug-likeness (QED) is 0.771. The first kappa shape index (κ1) is 15.6. The van der Waals surface area contributed by atoms with Crippen molar-refractivity contribution in [3.63, 3.8) is 0 Å². The zero-order valence-corrected chi connectivity index (χ0v) is 13.7. The zero-order valence-electron chi connectivity index (χ0n) is 13.7. The van der Waals surface area contributed by atoms with Crippen LogP contribution in [-0.2, 0) is 6.42 Å². The van der Waals surface area contributed by atoms with Crippen molar-refractivity contribution in [2.45, 2.75) is 38.8 Å². The SMILES string of the molecule is CC(=NC(C)CCc1ccccc1)C1COc2ccccc2O1. The zero-order chi connectivity index (χ0) is 16.1. The Morgan fingerprint density at radius 3 is 2.57 bits per heavy atom. The number of nitrogens with zero attached hydrogens (tertiary/aromatic N) is 1. The average molecular weight is 309 g/mol. The Balaban J connectivity index is 1.57. The van der Waals surface area contributed by atoms with Gasteiger partial charge in [0.05, 0.1) is 5.71 Å². The molecule has 3 rings (SSSR count). The van der Waals surface area contributed by atoms with Crippen LogP contribution >= 0.6 is 0 Å². The standard InChI is InChI=1S/C20H23NO2/c1-15(12-13-17-8-4-3-5-9-17)21-16(2)20-14-22-18-10-6-7-11-19(18)23-20/h3-11,15,20H,12-14H2,1-2H3. The van der Waals surface area contributed by atoms with Crippen LogP contribution in [0.25, 0.3) is 0 Å². The van der Waals surface area contributed by atoms with Crippen molar-refractivity contribution in [2.24, 2.45) is 4.99 Å². The maximum Gasteiger partial charge on any atom is 0.170 e.